The minimum atomic E-state index is 0.535. The van der Waals surface area contributed by atoms with E-state index in [0.717, 1.165) is 43.5 Å². The van der Waals surface area contributed by atoms with Crippen molar-refractivity contribution in [2.45, 2.75) is 20.0 Å². The highest BCUT2D eigenvalue weighted by Crippen LogP contribution is 2.18. The van der Waals surface area contributed by atoms with Crippen molar-refractivity contribution in [1.82, 2.24) is 29.9 Å². The number of nitrogens with one attached hydrogen (secondary N) is 2. The fraction of sp³-hybridized carbons (Fsp3) is 0.353. The molecule has 2 N–H and O–H groups in total. The van der Waals surface area contributed by atoms with Crippen molar-refractivity contribution >= 4 is 5.82 Å². The van der Waals surface area contributed by atoms with Crippen LogP contribution in [0.5, 0.6) is 0 Å². The average Bonchev–Trinajstić information content (AvgIpc) is 3.24. The first kappa shape index (κ1) is 14.9. The van der Waals surface area contributed by atoms with Crippen LogP contribution in [0.4, 0.5) is 5.82 Å². The number of pyridine rings is 1. The Morgan fingerprint density at radius 2 is 2.33 bits per heavy atom. The molecule has 0 saturated carbocycles. The highest BCUT2D eigenvalue weighted by atomic mass is 15.3. The van der Waals surface area contributed by atoms with Gasteiger partial charge in [-0.3, -0.25) is 0 Å². The van der Waals surface area contributed by atoms with Gasteiger partial charge in [0.1, 0.15) is 5.82 Å². The van der Waals surface area contributed by atoms with E-state index in [1.807, 2.05) is 31.5 Å². The third kappa shape index (κ3) is 3.16. The zero-order chi connectivity index (χ0) is 16.4. The van der Waals surface area contributed by atoms with Crippen molar-refractivity contribution in [2.24, 2.45) is 5.92 Å². The van der Waals surface area contributed by atoms with E-state index in [0.29, 0.717) is 5.92 Å². The summed E-state index contributed by atoms with van der Waals surface area (Å²) >= 11 is 0. The van der Waals surface area contributed by atoms with Crippen LogP contribution in [0, 0.1) is 12.8 Å². The monoisotopic (exact) mass is 323 g/mol. The van der Waals surface area contributed by atoms with Gasteiger partial charge in [0.15, 0.2) is 5.82 Å². The number of hydrogen-bond donors (Lipinski definition) is 2. The number of hydrogen-bond acceptors (Lipinski definition) is 5. The fourth-order valence-electron chi connectivity index (χ4n) is 3.00. The van der Waals surface area contributed by atoms with Crippen LogP contribution < -0.4 is 10.6 Å². The number of rotatable bonds is 5. The van der Waals surface area contributed by atoms with E-state index in [2.05, 4.69) is 42.6 Å². The molecule has 1 atom stereocenters. The summed E-state index contributed by atoms with van der Waals surface area (Å²) in [7, 11) is 0. The number of aryl methyl sites for hydroxylation is 1. The number of fused-ring (bicyclic) bond motifs is 1. The molecule has 0 fully saturated rings. The quantitative estimate of drug-likeness (QED) is 0.746. The molecule has 0 amide bonds. The van der Waals surface area contributed by atoms with Gasteiger partial charge < -0.3 is 10.6 Å². The van der Waals surface area contributed by atoms with E-state index in [-0.39, 0.29) is 0 Å². The molecule has 3 aromatic heterocycles. The number of nitrogens with zero attached hydrogens (tertiary/aromatic N) is 5. The van der Waals surface area contributed by atoms with Gasteiger partial charge in [0.2, 0.25) is 0 Å². The van der Waals surface area contributed by atoms with Crippen LogP contribution in [0.25, 0.3) is 5.82 Å². The summed E-state index contributed by atoms with van der Waals surface area (Å²) in [5, 5.41) is 15.7. The second-order valence-electron chi connectivity index (χ2n) is 6.21. The van der Waals surface area contributed by atoms with E-state index in [4.69, 9.17) is 0 Å². The molecule has 0 radical (unpaired) electrons. The maximum absolute atomic E-state index is 4.51. The molecule has 0 aromatic carbocycles. The first-order valence-corrected chi connectivity index (χ1v) is 8.22. The minimum Gasteiger partial charge on any atom is -0.370 e. The molecule has 0 spiro atoms. The van der Waals surface area contributed by atoms with Crippen LogP contribution in [0.15, 0.2) is 42.9 Å². The third-order valence-corrected chi connectivity index (χ3v) is 4.22. The van der Waals surface area contributed by atoms with Crippen LogP contribution in [-0.4, -0.2) is 37.6 Å². The van der Waals surface area contributed by atoms with Gasteiger partial charge in [0, 0.05) is 56.8 Å². The first-order valence-electron chi connectivity index (χ1n) is 8.22. The summed E-state index contributed by atoms with van der Waals surface area (Å²) in [6, 6.07) is 8.06. The SMILES string of the molecule is Cc1cc2n(n1)C[C@@H](CNCc1ccc(-n3cccn3)nc1)CN2. The molecule has 4 heterocycles. The van der Waals surface area contributed by atoms with Gasteiger partial charge in [-0.2, -0.15) is 10.2 Å². The molecule has 1 aliphatic rings. The van der Waals surface area contributed by atoms with Crippen LogP contribution >= 0.6 is 0 Å². The summed E-state index contributed by atoms with van der Waals surface area (Å²) in [4.78, 5) is 4.45. The molecular formula is C17H21N7. The van der Waals surface area contributed by atoms with E-state index in [1.165, 1.54) is 5.56 Å². The molecule has 0 saturated heterocycles. The summed E-state index contributed by atoms with van der Waals surface area (Å²) in [5.74, 6) is 2.50. The smallest absolute Gasteiger partial charge is 0.153 e. The predicted molar refractivity (Wildman–Crippen MR) is 92.0 cm³/mol. The standard InChI is InChI=1S/C17H21N7/c1-13-7-17-20-11-15(12-24(17)22-13)9-18-8-14-3-4-16(19-10-14)23-6-2-5-21-23/h2-7,10,15,18,20H,8-9,11-12H2,1H3/t15-/m0/s1. The van der Waals surface area contributed by atoms with Gasteiger partial charge in [-0.15, -0.1) is 0 Å². The van der Waals surface area contributed by atoms with Crippen molar-refractivity contribution in [2.75, 3.05) is 18.4 Å². The highest BCUT2D eigenvalue weighted by molar-refractivity contribution is 5.38. The summed E-state index contributed by atoms with van der Waals surface area (Å²) < 4.78 is 3.82. The average molecular weight is 323 g/mol. The van der Waals surface area contributed by atoms with Gasteiger partial charge in [-0.1, -0.05) is 6.07 Å². The first-order chi connectivity index (χ1) is 11.8. The lowest BCUT2D eigenvalue weighted by molar-refractivity contribution is 0.390. The van der Waals surface area contributed by atoms with Crippen LogP contribution in [0.3, 0.4) is 0 Å². The highest BCUT2D eigenvalue weighted by Gasteiger charge is 2.18. The summed E-state index contributed by atoms with van der Waals surface area (Å²) in [5.41, 5.74) is 2.24. The lowest BCUT2D eigenvalue weighted by Crippen LogP contribution is -2.35. The lowest BCUT2D eigenvalue weighted by Gasteiger charge is -2.25. The van der Waals surface area contributed by atoms with Gasteiger partial charge in [0.05, 0.1) is 5.69 Å². The van der Waals surface area contributed by atoms with E-state index in [1.54, 1.807) is 10.9 Å². The fourth-order valence-corrected chi connectivity index (χ4v) is 3.00. The Labute approximate surface area is 140 Å². The molecule has 7 nitrogen and oxygen atoms in total. The van der Waals surface area contributed by atoms with Gasteiger partial charge >= 0.3 is 0 Å². The van der Waals surface area contributed by atoms with Crippen molar-refractivity contribution in [3.8, 4) is 5.82 Å². The largest absolute Gasteiger partial charge is 0.370 e. The molecule has 4 rings (SSSR count). The Kier molecular flexibility index (Phi) is 4.00. The zero-order valence-corrected chi connectivity index (χ0v) is 13.7. The topological polar surface area (TPSA) is 72.6 Å². The minimum absolute atomic E-state index is 0.535. The predicted octanol–water partition coefficient (Wildman–Crippen LogP) is 1.60. The van der Waals surface area contributed by atoms with E-state index >= 15 is 0 Å². The molecular weight excluding hydrogens is 302 g/mol. The molecule has 0 unspecified atom stereocenters. The van der Waals surface area contributed by atoms with Crippen molar-refractivity contribution in [3.63, 3.8) is 0 Å². The molecule has 0 aliphatic carbocycles. The van der Waals surface area contributed by atoms with E-state index in [9.17, 15) is 0 Å². The second kappa shape index (κ2) is 6.45. The molecule has 0 bridgehead atoms. The molecule has 124 valence electrons. The van der Waals surface area contributed by atoms with Crippen molar-refractivity contribution < 1.29 is 0 Å². The number of aromatic nitrogens is 5. The Morgan fingerprint density at radius 3 is 3.12 bits per heavy atom. The lowest BCUT2D eigenvalue weighted by atomic mass is 10.1. The maximum Gasteiger partial charge on any atom is 0.153 e. The molecule has 3 aromatic rings. The molecule has 1 aliphatic heterocycles. The van der Waals surface area contributed by atoms with E-state index < -0.39 is 0 Å². The summed E-state index contributed by atoms with van der Waals surface area (Å²) in [6.07, 6.45) is 5.54. The van der Waals surface area contributed by atoms with Crippen LogP contribution in [0.2, 0.25) is 0 Å². The van der Waals surface area contributed by atoms with Gasteiger partial charge in [0.25, 0.3) is 0 Å². The summed E-state index contributed by atoms with van der Waals surface area (Å²) in [6.45, 7) is 5.73. The number of anilines is 1. The Morgan fingerprint density at radius 1 is 1.38 bits per heavy atom. The van der Waals surface area contributed by atoms with Gasteiger partial charge in [-0.05, 0) is 24.6 Å². The second-order valence-corrected chi connectivity index (χ2v) is 6.21. The van der Waals surface area contributed by atoms with Crippen molar-refractivity contribution in [3.05, 3.63) is 54.1 Å². The molecule has 7 heteroatoms. The Hall–Kier alpha value is -2.67. The van der Waals surface area contributed by atoms with Crippen LogP contribution in [-0.2, 0) is 13.1 Å². The maximum atomic E-state index is 4.51. The van der Waals surface area contributed by atoms with Crippen LogP contribution in [0.1, 0.15) is 11.3 Å². The Balaban J connectivity index is 1.28. The molecule has 24 heavy (non-hydrogen) atoms. The normalized spacial score (nSPS) is 16.6. The Bertz CT molecular complexity index is 789. The van der Waals surface area contributed by atoms with Crippen molar-refractivity contribution in [1.29, 1.82) is 0 Å². The van der Waals surface area contributed by atoms with Gasteiger partial charge in [-0.25, -0.2) is 14.3 Å². The third-order valence-electron chi connectivity index (χ3n) is 4.22. The zero-order valence-electron chi connectivity index (χ0n) is 13.7.